The van der Waals surface area contributed by atoms with E-state index in [1.165, 1.54) is 24.0 Å². The number of aryl methyl sites for hydroxylation is 2. The second kappa shape index (κ2) is 5.74. The summed E-state index contributed by atoms with van der Waals surface area (Å²) in [6.45, 7) is 4.10. The lowest BCUT2D eigenvalue weighted by atomic mass is 9.84. The molecule has 3 nitrogen and oxygen atoms in total. The van der Waals surface area contributed by atoms with Gasteiger partial charge in [-0.1, -0.05) is 6.07 Å². The summed E-state index contributed by atoms with van der Waals surface area (Å²) in [6.07, 6.45) is 3.52. The fourth-order valence-corrected chi connectivity index (χ4v) is 4.00. The molecular formula is C16H23ClN2O. The molecule has 2 aliphatic rings. The van der Waals surface area contributed by atoms with Crippen molar-refractivity contribution in [3.8, 4) is 0 Å². The smallest absolute Gasteiger partial charge is 0.229 e. The number of hydrogen-bond acceptors (Lipinski definition) is 2. The summed E-state index contributed by atoms with van der Waals surface area (Å²) in [5.74, 6) is 1.20. The van der Waals surface area contributed by atoms with E-state index in [2.05, 4.69) is 11.4 Å². The Balaban J connectivity index is 0.00000147. The summed E-state index contributed by atoms with van der Waals surface area (Å²) >= 11 is 0. The van der Waals surface area contributed by atoms with Gasteiger partial charge in [0.25, 0.3) is 0 Å². The lowest BCUT2D eigenvalue weighted by Gasteiger charge is -2.27. The number of hydrogen-bond donors (Lipinski definition) is 2. The normalized spacial score (nSPS) is 30.9. The van der Waals surface area contributed by atoms with Crippen molar-refractivity contribution < 1.29 is 4.79 Å². The second-order valence-corrected chi connectivity index (χ2v) is 6.30. The molecule has 0 aromatic heterocycles. The minimum atomic E-state index is 0. The number of carbonyl (C=O) groups excluding carboxylic acids is 1. The lowest BCUT2D eigenvalue weighted by Crippen LogP contribution is -2.42. The Morgan fingerprint density at radius 1 is 1.15 bits per heavy atom. The average molecular weight is 295 g/mol. The van der Waals surface area contributed by atoms with Gasteiger partial charge >= 0.3 is 0 Å². The van der Waals surface area contributed by atoms with Crippen molar-refractivity contribution in [3.05, 3.63) is 29.3 Å². The minimum Gasteiger partial charge on any atom is -0.327 e. The summed E-state index contributed by atoms with van der Waals surface area (Å²) in [4.78, 5) is 12.4. The molecule has 1 amide bonds. The number of fused-ring (bicyclic) bond motifs is 2. The van der Waals surface area contributed by atoms with Crippen molar-refractivity contribution in [2.24, 2.45) is 23.5 Å². The van der Waals surface area contributed by atoms with Crippen LogP contribution in [0.15, 0.2) is 18.2 Å². The van der Waals surface area contributed by atoms with E-state index >= 15 is 0 Å². The van der Waals surface area contributed by atoms with Gasteiger partial charge in [-0.05, 0) is 68.2 Å². The molecule has 4 heteroatoms. The van der Waals surface area contributed by atoms with Crippen molar-refractivity contribution >= 4 is 24.0 Å². The van der Waals surface area contributed by atoms with Crippen molar-refractivity contribution in [3.63, 3.8) is 0 Å². The van der Waals surface area contributed by atoms with E-state index in [9.17, 15) is 4.79 Å². The molecule has 2 aliphatic carbocycles. The molecule has 2 saturated carbocycles. The van der Waals surface area contributed by atoms with Crippen LogP contribution in [0.2, 0.25) is 0 Å². The van der Waals surface area contributed by atoms with E-state index in [4.69, 9.17) is 5.73 Å². The van der Waals surface area contributed by atoms with E-state index in [0.717, 1.165) is 12.1 Å². The first kappa shape index (κ1) is 15.3. The summed E-state index contributed by atoms with van der Waals surface area (Å²) in [6, 6.07) is 6.20. The predicted molar refractivity (Wildman–Crippen MR) is 84.1 cm³/mol. The molecule has 2 fully saturated rings. The zero-order valence-electron chi connectivity index (χ0n) is 12.1. The maximum atomic E-state index is 12.4. The number of nitrogens with one attached hydrogen (secondary N) is 1. The summed E-state index contributed by atoms with van der Waals surface area (Å²) < 4.78 is 0. The first-order chi connectivity index (χ1) is 9.04. The summed E-state index contributed by atoms with van der Waals surface area (Å²) in [5, 5.41) is 3.06. The van der Waals surface area contributed by atoms with Crippen LogP contribution in [0.1, 0.15) is 30.4 Å². The van der Waals surface area contributed by atoms with E-state index in [1.54, 1.807) is 0 Å². The van der Waals surface area contributed by atoms with Crippen molar-refractivity contribution in [2.75, 3.05) is 5.32 Å². The standard InChI is InChI=1S/C16H22N2O.ClH/c1-9-5-10(2)7-13(6-9)18-16(19)14-11-3-4-12(8-11)15(14)17;/h5-7,11-12,14-15H,3-4,8,17H2,1-2H3,(H,18,19);1H. The minimum absolute atomic E-state index is 0. The molecule has 4 unspecified atom stereocenters. The number of benzene rings is 1. The topological polar surface area (TPSA) is 55.1 Å². The second-order valence-electron chi connectivity index (χ2n) is 6.30. The molecule has 1 aromatic rings. The molecule has 0 spiro atoms. The molecule has 3 rings (SSSR count). The first-order valence-electron chi connectivity index (χ1n) is 7.19. The fourth-order valence-electron chi connectivity index (χ4n) is 4.00. The van der Waals surface area contributed by atoms with Gasteiger partial charge in [0, 0.05) is 11.7 Å². The van der Waals surface area contributed by atoms with Gasteiger partial charge < -0.3 is 11.1 Å². The van der Waals surface area contributed by atoms with Gasteiger partial charge in [-0.3, -0.25) is 4.79 Å². The highest BCUT2D eigenvalue weighted by Gasteiger charge is 2.49. The number of carbonyl (C=O) groups is 1. The molecule has 20 heavy (non-hydrogen) atoms. The molecular weight excluding hydrogens is 272 g/mol. The zero-order chi connectivity index (χ0) is 13.6. The van der Waals surface area contributed by atoms with Gasteiger partial charge in [0.05, 0.1) is 5.92 Å². The molecule has 3 N–H and O–H groups in total. The van der Waals surface area contributed by atoms with Gasteiger partial charge in [-0.2, -0.15) is 0 Å². The highest BCUT2D eigenvalue weighted by atomic mass is 35.5. The lowest BCUT2D eigenvalue weighted by molar-refractivity contribution is -0.121. The van der Waals surface area contributed by atoms with Crippen LogP contribution >= 0.6 is 12.4 Å². The zero-order valence-corrected chi connectivity index (χ0v) is 12.9. The Kier molecular flexibility index (Phi) is 4.40. The van der Waals surface area contributed by atoms with Crippen LogP contribution in [-0.2, 0) is 4.79 Å². The van der Waals surface area contributed by atoms with Crippen molar-refractivity contribution in [1.82, 2.24) is 0 Å². The van der Waals surface area contributed by atoms with Crippen LogP contribution in [0.5, 0.6) is 0 Å². The molecule has 110 valence electrons. The fraction of sp³-hybridized carbons (Fsp3) is 0.562. The Morgan fingerprint density at radius 2 is 1.75 bits per heavy atom. The highest BCUT2D eigenvalue weighted by Crippen LogP contribution is 2.47. The van der Waals surface area contributed by atoms with Crippen molar-refractivity contribution in [1.29, 1.82) is 0 Å². The van der Waals surface area contributed by atoms with Crippen LogP contribution in [0.25, 0.3) is 0 Å². The van der Waals surface area contributed by atoms with E-state index < -0.39 is 0 Å². The average Bonchev–Trinajstić information content (AvgIpc) is 2.87. The van der Waals surface area contributed by atoms with Gasteiger partial charge in [-0.25, -0.2) is 0 Å². The van der Waals surface area contributed by atoms with E-state index in [0.29, 0.717) is 11.8 Å². The Bertz CT molecular complexity index is 495. The third-order valence-electron chi connectivity index (χ3n) is 4.77. The van der Waals surface area contributed by atoms with E-state index in [1.807, 2.05) is 26.0 Å². The molecule has 1 aromatic carbocycles. The highest BCUT2D eigenvalue weighted by molar-refractivity contribution is 5.93. The maximum absolute atomic E-state index is 12.4. The predicted octanol–water partition coefficient (Wildman–Crippen LogP) is 3.04. The van der Waals surface area contributed by atoms with Gasteiger partial charge in [0.15, 0.2) is 0 Å². The summed E-state index contributed by atoms with van der Waals surface area (Å²) in [5.41, 5.74) is 9.47. The van der Waals surface area contributed by atoms with E-state index in [-0.39, 0.29) is 30.3 Å². The van der Waals surface area contributed by atoms with Crippen molar-refractivity contribution in [2.45, 2.75) is 39.2 Å². The van der Waals surface area contributed by atoms with Crippen LogP contribution in [-0.4, -0.2) is 11.9 Å². The number of amides is 1. The van der Waals surface area contributed by atoms with Gasteiger partial charge in [-0.15, -0.1) is 12.4 Å². The summed E-state index contributed by atoms with van der Waals surface area (Å²) in [7, 11) is 0. The van der Waals surface area contributed by atoms with Crippen LogP contribution < -0.4 is 11.1 Å². The molecule has 0 radical (unpaired) electrons. The monoisotopic (exact) mass is 294 g/mol. The molecule has 2 bridgehead atoms. The Hall–Kier alpha value is -1.06. The van der Waals surface area contributed by atoms with Crippen LogP contribution in [0, 0.1) is 31.6 Å². The Labute approximate surface area is 126 Å². The number of rotatable bonds is 2. The third-order valence-corrected chi connectivity index (χ3v) is 4.77. The number of halogens is 1. The number of nitrogens with two attached hydrogens (primary N) is 1. The van der Waals surface area contributed by atoms with Crippen LogP contribution in [0.3, 0.4) is 0 Å². The molecule has 0 saturated heterocycles. The third kappa shape index (κ3) is 2.70. The Morgan fingerprint density at radius 3 is 2.30 bits per heavy atom. The van der Waals surface area contributed by atoms with Crippen LogP contribution in [0.4, 0.5) is 5.69 Å². The van der Waals surface area contributed by atoms with Gasteiger partial charge in [0.2, 0.25) is 5.91 Å². The molecule has 4 atom stereocenters. The number of anilines is 1. The quantitative estimate of drug-likeness (QED) is 0.881. The first-order valence-corrected chi connectivity index (χ1v) is 7.19. The SMILES string of the molecule is Cc1cc(C)cc(NC(=O)C2C3CCC(C3)C2N)c1.Cl. The maximum Gasteiger partial charge on any atom is 0.229 e. The van der Waals surface area contributed by atoms with Gasteiger partial charge in [0.1, 0.15) is 0 Å². The largest absolute Gasteiger partial charge is 0.327 e. The molecule has 0 aliphatic heterocycles. The molecule has 0 heterocycles.